The standard InChI is InChI=1S/C15H21N3O2/c1-5-16-9-11(3)15-17-14(18-20-15)12-6-7-13(19-4)10(2)8-12/h6-8,11,16H,5,9H2,1-4H3. The highest BCUT2D eigenvalue weighted by molar-refractivity contribution is 5.58. The van der Waals surface area contributed by atoms with Crippen LogP contribution in [0.25, 0.3) is 11.4 Å². The smallest absolute Gasteiger partial charge is 0.231 e. The van der Waals surface area contributed by atoms with Crippen molar-refractivity contribution in [2.24, 2.45) is 0 Å². The topological polar surface area (TPSA) is 60.2 Å². The summed E-state index contributed by atoms with van der Waals surface area (Å²) in [6, 6.07) is 5.86. The number of nitrogens with one attached hydrogen (secondary N) is 1. The first-order valence-corrected chi connectivity index (χ1v) is 6.85. The summed E-state index contributed by atoms with van der Waals surface area (Å²) in [4.78, 5) is 4.47. The van der Waals surface area contributed by atoms with E-state index in [4.69, 9.17) is 9.26 Å². The van der Waals surface area contributed by atoms with Crippen LogP contribution in [0.1, 0.15) is 31.2 Å². The molecule has 0 aliphatic rings. The Morgan fingerprint density at radius 1 is 1.40 bits per heavy atom. The number of benzene rings is 1. The molecule has 0 bridgehead atoms. The van der Waals surface area contributed by atoms with Crippen molar-refractivity contribution in [1.29, 1.82) is 0 Å². The van der Waals surface area contributed by atoms with E-state index in [1.54, 1.807) is 7.11 Å². The second-order valence-electron chi connectivity index (χ2n) is 4.85. The third-order valence-electron chi connectivity index (χ3n) is 3.22. The molecule has 0 aliphatic heterocycles. The lowest BCUT2D eigenvalue weighted by atomic mass is 10.1. The van der Waals surface area contributed by atoms with Crippen LogP contribution < -0.4 is 10.1 Å². The van der Waals surface area contributed by atoms with Gasteiger partial charge in [0.15, 0.2) is 0 Å². The first-order chi connectivity index (χ1) is 9.65. The van der Waals surface area contributed by atoms with Crippen LogP contribution in [0.15, 0.2) is 22.7 Å². The molecule has 0 aliphatic carbocycles. The van der Waals surface area contributed by atoms with Gasteiger partial charge in [-0.1, -0.05) is 19.0 Å². The molecule has 5 heteroatoms. The number of methoxy groups -OCH3 is 1. The Kier molecular flexibility index (Phi) is 4.74. The minimum absolute atomic E-state index is 0.204. The zero-order valence-corrected chi connectivity index (χ0v) is 12.4. The maximum atomic E-state index is 5.34. The molecule has 1 aromatic carbocycles. The summed E-state index contributed by atoms with van der Waals surface area (Å²) >= 11 is 0. The number of aromatic nitrogens is 2. The van der Waals surface area contributed by atoms with Crippen LogP contribution in [-0.4, -0.2) is 30.3 Å². The summed E-state index contributed by atoms with van der Waals surface area (Å²) in [6.07, 6.45) is 0. The van der Waals surface area contributed by atoms with Crippen molar-refractivity contribution in [2.45, 2.75) is 26.7 Å². The number of likely N-dealkylation sites (N-methyl/N-ethyl adjacent to an activating group) is 1. The molecule has 5 nitrogen and oxygen atoms in total. The Hall–Kier alpha value is -1.88. The van der Waals surface area contributed by atoms with Crippen LogP contribution in [0.2, 0.25) is 0 Å². The quantitative estimate of drug-likeness (QED) is 0.878. The average Bonchev–Trinajstić information content (AvgIpc) is 2.94. The predicted molar refractivity (Wildman–Crippen MR) is 78.0 cm³/mol. The third-order valence-corrected chi connectivity index (χ3v) is 3.22. The van der Waals surface area contributed by atoms with E-state index in [-0.39, 0.29) is 5.92 Å². The minimum atomic E-state index is 0.204. The highest BCUT2D eigenvalue weighted by Crippen LogP contribution is 2.25. The molecular weight excluding hydrogens is 254 g/mol. The summed E-state index contributed by atoms with van der Waals surface area (Å²) in [6.45, 7) is 7.91. The summed E-state index contributed by atoms with van der Waals surface area (Å²) < 4.78 is 10.6. The first-order valence-electron chi connectivity index (χ1n) is 6.85. The molecule has 1 N–H and O–H groups in total. The van der Waals surface area contributed by atoms with Crippen LogP contribution in [0.4, 0.5) is 0 Å². The van der Waals surface area contributed by atoms with E-state index >= 15 is 0 Å². The van der Waals surface area contributed by atoms with Crippen molar-refractivity contribution in [3.05, 3.63) is 29.7 Å². The highest BCUT2D eigenvalue weighted by atomic mass is 16.5. The molecule has 0 radical (unpaired) electrons. The molecule has 1 aromatic heterocycles. The fraction of sp³-hybridized carbons (Fsp3) is 0.467. The average molecular weight is 275 g/mol. The summed E-state index contributed by atoms with van der Waals surface area (Å²) in [5, 5.41) is 7.33. The molecule has 0 amide bonds. The molecule has 0 saturated heterocycles. The van der Waals surface area contributed by atoms with Crippen molar-refractivity contribution < 1.29 is 9.26 Å². The predicted octanol–water partition coefficient (Wildman–Crippen LogP) is 2.77. The van der Waals surface area contributed by atoms with E-state index in [1.165, 1.54) is 0 Å². The van der Waals surface area contributed by atoms with Gasteiger partial charge in [-0.25, -0.2) is 0 Å². The van der Waals surface area contributed by atoms with Gasteiger partial charge in [0.2, 0.25) is 11.7 Å². The second kappa shape index (κ2) is 6.52. The molecule has 1 atom stereocenters. The second-order valence-corrected chi connectivity index (χ2v) is 4.85. The normalized spacial score (nSPS) is 12.4. The van der Waals surface area contributed by atoms with Gasteiger partial charge >= 0.3 is 0 Å². The zero-order valence-electron chi connectivity index (χ0n) is 12.4. The molecule has 2 aromatic rings. The Morgan fingerprint density at radius 3 is 2.85 bits per heavy atom. The SMILES string of the molecule is CCNCC(C)c1nc(-c2ccc(OC)c(C)c2)no1. The van der Waals surface area contributed by atoms with Crippen molar-refractivity contribution in [2.75, 3.05) is 20.2 Å². The summed E-state index contributed by atoms with van der Waals surface area (Å²) in [5.74, 6) is 2.34. The summed E-state index contributed by atoms with van der Waals surface area (Å²) in [5.41, 5.74) is 1.99. The number of hydrogen-bond acceptors (Lipinski definition) is 5. The maximum absolute atomic E-state index is 5.34. The lowest BCUT2D eigenvalue weighted by Crippen LogP contribution is -2.19. The highest BCUT2D eigenvalue weighted by Gasteiger charge is 2.15. The number of rotatable bonds is 6. The van der Waals surface area contributed by atoms with E-state index in [9.17, 15) is 0 Å². The number of ether oxygens (including phenoxy) is 1. The molecule has 0 saturated carbocycles. The number of hydrogen-bond donors (Lipinski definition) is 1. The van der Waals surface area contributed by atoms with Gasteiger partial charge in [-0.05, 0) is 37.2 Å². The Labute approximate surface area is 119 Å². The molecular formula is C15H21N3O2. The number of aryl methyl sites for hydroxylation is 1. The van der Waals surface area contributed by atoms with Crippen LogP contribution in [0, 0.1) is 6.92 Å². The van der Waals surface area contributed by atoms with Gasteiger partial charge < -0.3 is 14.6 Å². The fourth-order valence-corrected chi connectivity index (χ4v) is 2.02. The van der Waals surface area contributed by atoms with E-state index in [0.29, 0.717) is 11.7 Å². The lowest BCUT2D eigenvalue weighted by Gasteiger charge is -2.06. The fourth-order valence-electron chi connectivity index (χ4n) is 2.02. The lowest BCUT2D eigenvalue weighted by molar-refractivity contribution is 0.355. The van der Waals surface area contributed by atoms with Crippen LogP contribution in [0.5, 0.6) is 5.75 Å². The first kappa shape index (κ1) is 14.5. The Morgan fingerprint density at radius 2 is 2.20 bits per heavy atom. The molecule has 0 spiro atoms. The Bertz CT molecular complexity index is 566. The van der Waals surface area contributed by atoms with Crippen molar-refractivity contribution in [3.63, 3.8) is 0 Å². The Balaban J connectivity index is 2.18. The minimum Gasteiger partial charge on any atom is -0.496 e. The molecule has 2 rings (SSSR count). The largest absolute Gasteiger partial charge is 0.496 e. The summed E-state index contributed by atoms with van der Waals surface area (Å²) in [7, 11) is 1.66. The van der Waals surface area contributed by atoms with E-state index in [0.717, 1.165) is 30.0 Å². The molecule has 108 valence electrons. The van der Waals surface area contributed by atoms with E-state index < -0.39 is 0 Å². The van der Waals surface area contributed by atoms with Gasteiger partial charge in [-0.2, -0.15) is 4.98 Å². The number of nitrogens with zero attached hydrogens (tertiary/aromatic N) is 2. The van der Waals surface area contributed by atoms with Gasteiger partial charge in [-0.3, -0.25) is 0 Å². The molecule has 1 unspecified atom stereocenters. The van der Waals surface area contributed by atoms with Crippen molar-refractivity contribution in [1.82, 2.24) is 15.5 Å². The van der Waals surface area contributed by atoms with Crippen LogP contribution in [-0.2, 0) is 0 Å². The van der Waals surface area contributed by atoms with E-state index in [2.05, 4.69) is 29.3 Å². The van der Waals surface area contributed by atoms with Crippen molar-refractivity contribution in [3.8, 4) is 17.1 Å². The van der Waals surface area contributed by atoms with Gasteiger partial charge in [0, 0.05) is 18.0 Å². The molecule has 0 fully saturated rings. The van der Waals surface area contributed by atoms with Gasteiger partial charge in [0.1, 0.15) is 5.75 Å². The molecule has 1 heterocycles. The van der Waals surface area contributed by atoms with Gasteiger partial charge in [-0.15, -0.1) is 0 Å². The van der Waals surface area contributed by atoms with Gasteiger partial charge in [0.05, 0.1) is 7.11 Å². The molecule has 20 heavy (non-hydrogen) atoms. The van der Waals surface area contributed by atoms with Crippen LogP contribution in [0.3, 0.4) is 0 Å². The zero-order chi connectivity index (χ0) is 14.5. The van der Waals surface area contributed by atoms with Crippen LogP contribution >= 0.6 is 0 Å². The van der Waals surface area contributed by atoms with Crippen molar-refractivity contribution >= 4 is 0 Å². The van der Waals surface area contributed by atoms with Gasteiger partial charge in [0.25, 0.3) is 0 Å². The maximum Gasteiger partial charge on any atom is 0.231 e. The monoisotopic (exact) mass is 275 g/mol. The van der Waals surface area contributed by atoms with E-state index in [1.807, 2.05) is 25.1 Å². The third kappa shape index (κ3) is 3.17.